The fraction of sp³-hybridized carbons (Fsp3) is 0.300. The first kappa shape index (κ1) is 19.3. The summed E-state index contributed by atoms with van der Waals surface area (Å²) in [7, 11) is 0. The Morgan fingerprint density at radius 3 is 2.57 bits per heavy atom. The lowest BCUT2D eigenvalue weighted by atomic mass is 9.97. The summed E-state index contributed by atoms with van der Waals surface area (Å²) in [6.45, 7) is 3.85. The van der Waals surface area contributed by atoms with Gasteiger partial charge < -0.3 is 9.73 Å². The Bertz CT molecular complexity index is 1050. The average molecular weight is 383 g/mol. The van der Waals surface area contributed by atoms with Crippen molar-refractivity contribution in [3.63, 3.8) is 0 Å². The molecule has 1 N–H and O–H groups in total. The number of nitrogens with one attached hydrogen (secondary N) is 1. The summed E-state index contributed by atoms with van der Waals surface area (Å²) in [5, 5.41) is 14.0. The predicted molar refractivity (Wildman–Crippen MR) is 104 cm³/mol. The third kappa shape index (κ3) is 4.28. The lowest BCUT2D eigenvalue weighted by molar-refractivity contribution is -0.384. The summed E-state index contributed by atoms with van der Waals surface area (Å²) in [4.78, 5) is 35.2. The number of nitro benzene ring substituents is 1. The fourth-order valence-corrected chi connectivity index (χ4v) is 3.13. The molecular formula is C20H21N3O5. The predicted octanol–water partition coefficient (Wildman–Crippen LogP) is 3.41. The van der Waals surface area contributed by atoms with Crippen LogP contribution in [-0.2, 0) is 11.3 Å². The molecule has 0 aliphatic carbocycles. The molecule has 0 saturated carbocycles. The molecule has 3 rings (SSSR count). The molecule has 0 saturated heterocycles. The molecule has 3 aromatic rings. The molecular weight excluding hydrogens is 362 g/mol. The van der Waals surface area contributed by atoms with Crippen LogP contribution in [0, 0.1) is 16.0 Å². The zero-order valence-corrected chi connectivity index (χ0v) is 15.6. The summed E-state index contributed by atoms with van der Waals surface area (Å²) in [6, 6.07) is 13.2. The number of hydrogen-bond acceptors (Lipinski definition) is 5. The van der Waals surface area contributed by atoms with E-state index in [1.165, 1.54) is 18.2 Å². The molecule has 0 bridgehead atoms. The Kier molecular flexibility index (Phi) is 5.58. The van der Waals surface area contributed by atoms with E-state index in [9.17, 15) is 19.7 Å². The first-order valence-corrected chi connectivity index (χ1v) is 8.97. The molecule has 0 aliphatic rings. The third-order valence-electron chi connectivity index (χ3n) is 4.41. The second kappa shape index (κ2) is 8.08. The van der Waals surface area contributed by atoms with Gasteiger partial charge >= 0.3 is 5.76 Å². The van der Waals surface area contributed by atoms with E-state index in [0.29, 0.717) is 5.92 Å². The number of hydrogen-bond donors (Lipinski definition) is 1. The quantitative estimate of drug-likeness (QED) is 0.497. The molecule has 0 fully saturated rings. The number of carbonyl (C=O) groups excluding carboxylic acids is 1. The molecule has 0 spiro atoms. The van der Waals surface area contributed by atoms with Crippen molar-refractivity contribution in [3.05, 3.63) is 74.8 Å². The lowest BCUT2D eigenvalue weighted by Gasteiger charge is -2.21. The topological polar surface area (TPSA) is 107 Å². The first-order valence-electron chi connectivity index (χ1n) is 8.97. The van der Waals surface area contributed by atoms with Gasteiger partial charge in [-0.3, -0.25) is 19.5 Å². The standard InChI is InChI=1S/C20H21N3O5/c1-13(2)10-16(14-6-4-3-5-7-14)21-19(24)12-22-17-11-15(23(26)27)8-9-18(17)28-20(22)25/h3-9,11,13,16H,10,12H2,1-2H3,(H,21,24). The van der Waals surface area contributed by atoms with E-state index in [1.807, 2.05) is 30.3 Å². The molecule has 146 valence electrons. The van der Waals surface area contributed by atoms with Crippen LogP contribution >= 0.6 is 0 Å². The maximum Gasteiger partial charge on any atom is 0.420 e. The summed E-state index contributed by atoms with van der Waals surface area (Å²) < 4.78 is 6.20. The van der Waals surface area contributed by atoms with Crippen LogP contribution in [0.5, 0.6) is 0 Å². The highest BCUT2D eigenvalue weighted by Crippen LogP contribution is 2.22. The summed E-state index contributed by atoms with van der Waals surface area (Å²) >= 11 is 0. The Hall–Kier alpha value is -3.42. The van der Waals surface area contributed by atoms with Gasteiger partial charge in [0.2, 0.25) is 5.91 Å². The van der Waals surface area contributed by atoms with Gasteiger partial charge in [-0.1, -0.05) is 44.2 Å². The van der Waals surface area contributed by atoms with E-state index in [4.69, 9.17) is 4.42 Å². The zero-order chi connectivity index (χ0) is 20.3. The second-order valence-corrected chi connectivity index (χ2v) is 7.02. The third-order valence-corrected chi connectivity index (χ3v) is 4.41. The SMILES string of the molecule is CC(C)CC(NC(=O)Cn1c(=O)oc2ccc([N+](=O)[O-])cc21)c1ccccc1. The Balaban J connectivity index is 1.85. The van der Waals surface area contributed by atoms with Gasteiger partial charge in [-0.2, -0.15) is 0 Å². The number of amides is 1. The molecule has 0 aliphatic heterocycles. The van der Waals surface area contributed by atoms with E-state index in [1.54, 1.807) is 0 Å². The number of fused-ring (bicyclic) bond motifs is 1. The van der Waals surface area contributed by atoms with Crippen LogP contribution in [-0.4, -0.2) is 15.4 Å². The molecule has 0 radical (unpaired) electrons. The number of benzene rings is 2. The van der Waals surface area contributed by atoms with Crippen molar-refractivity contribution in [1.29, 1.82) is 0 Å². The monoisotopic (exact) mass is 383 g/mol. The van der Waals surface area contributed by atoms with Crippen LogP contribution in [0.3, 0.4) is 0 Å². The van der Waals surface area contributed by atoms with Crippen LogP contribution in [0.4, 0.5) is 5.69 Å². The molecule has 1 aromatic heterocycles. The van der Waals surface area contributed by atoms with Gasteiger partial charge in [0.1, 0.15) is 6.54 Å². The van der Waals surface area contributed by atoms with E-state index >= 15 is 0 Å². The van der Waals surface area contributed by atoms with Gasteiger partial charge in [0, 0.05) is 12.1 Å². The molecule has 28 heavy (non-hydrogen) atoms. The zero-order valence-electron chi connectivity index (χ0n) is 15.6. The van der Waals surface area contributed by atoms with Crippen molar-refractivity contribution in [2.45, 2.75) is 32.9 Å². The fourth-order valence-electron chi connectivity index (χ4n) is 3.13. The molecule has 1 heterocycles. The van der Waals surface area contributed by atoms with Crippen molar-refractivity contribution in [1.82, 2.24) is 9.88 Å². The lowest BCUT2D eigenvalue weighted by Crippen LogP contribution is -2.34. The first-order chi connectivity index (χ1) is 13.3. The summed E-state index contributed by atoms with van der Waals surface area (Å²) in [5.74, 6) is -0.748. The largest absolute Gasteiger partial charge is 0.420 e. The summed E-state index contributed by atoms with van der Waals surface area (Å²) in [6.07, 6.45) is 0.738. The van der Waals surface area contributed by atoms with Crippen molar-refractivity contribution in [2.75, 3.05) is 0 Å². The normalized spacial score (nSPS) is 12.2. The molecule has 1 amide bonds. The van der Waals surface area contributed by atoms with Crippen molar-refractivity contribution >= 4 is 22.7 Å². The van der Waals surface area contributed by atoms with E-state index in [-0.39, 0.29) is 35.3 Å². The molecule has 2 aromatic carbocycles. The minimum atomic E-state index is -0.731. The van der Waals surface area contributed by atoms with E-state index in [0.717, 1.165) is 16.6 Å². The number of non-ortho nitro benzene ring substituents is 1. The van der Waals surface area contributed by atoms with Crippen LogP contribution in [0.25, 0.3) is 11.1 Å². The highest BCUT2D eigenvalue weighted by Gasteiger charge is 2.20. The number of aromatic nitrogens is 1. The van der Waals surface area contributed by atoms with Gasteiger partial charge in [0.05, 0.1) is 16.5 Å². The van der Waals surface area contributed by atoms with Gasteiger partial charge in [-0.15, -0.1) is 0 Å². The van der Waals surface area contributed by atoms with Crippen LogP contribution in [0.2, 0.25) is 0 Å². The number of nitro groups is 1. The van der Waals surface area contributed by atoms with Crippen LogP contribution in [0.15, 0.2) is 57.7 Å². The Morgan fingerprint density at radius 1 is 1.21 bits per heavy atom. The number of oxazole rings is 1. The minimum Gasteiger partial charge on any atom is -0.408 e. The highest BCUT2D eigenvalue weighted by atomic mass is 16.6. The number of rotatable bonds is 7. The maximum absolute atomic E-state index is 12.6. The molecule has 8 nitrogen and oxygen atoms in total. The Labute approximate surface area is 160 Å². The van der Waals surface area contributed by atoms with E-state index in [2.05, 4.69) is 19.2 Å². The van der Waals surface area contributed by atoms with E-state index < -0.39 is 10.7 Å². The van der Waals surface area contributed by atoms with Gasteiger partial charge in [-0.05, 0) is 24.0 Å². The Morgan fingerprint density at radius 2 is 1.93 bits per heavy atom. The maximum atomic E-state index is 12.6. The molecule has 1 atom stereocenters. The van der Waals surface area contributed by atoms with Crippen LogP contribution < -0.4 is 11.1 Å². The smallest absolute Gasteiger partial charge is 0.408 e. The average Bonchev–Trinajstić information content (AvgIpc) is 2.96. The minimum absolute atomic E-state index is 0.176. The summed E-state index contributed by atoms with van der Waals surface area (Å²) in [5.41, 5.74) is 1.22. The number of nitrogens with zero attached hydrogens (tertiary/aromatic N) is 2. The van der Waals surface area contributed by atoms with Gasteiger partial charge in [-0.25, -0.2) is 4.79 Å². The highest BCUT2D eigenvalue weighted by molar-refractivity contribution is 5.81. The van der Waals surface area contributed by atoms with Crippen LogP contribution in [0.1, 0.15) is 31.9 Å². The molecule has 8 heteroatoms. The molecule has 1 unspecified atom stereocenters. The second-order valence-electron chi connectivity index (χ2n) is 7.02. The van der Waals surface area contributed by atoms with Crippen molar-refractivity contribution < 1.29 is 14.1 Å². The van der Waals surface area contributed by atoms with Crippen molar-refractivity contribution in [2.24, 2.45) is 5.92 Å². The number of carbonyl (C=O) groups is 1. The van der Waals surface area contributed by atoms with Gasteiger partial charge in [0.25, 0.3) is 5.69 Å². The van der Waals surface area contributed by atoms with Crippen molar-refractivity contribution in [3.8, 4) is 0 Å². The van der Waals surface area contributed by atoms with Gasteiger partial charge in [0.15, 0.2) is 5.58 Å².